The van der Waals surface area contributed by atoms with Gasteiger partial charge in [-0.1, -0.05) is 41.1 Å². The van der Waals surface area contributed by atoms with E-state index in [-0.39, 0.29) is 0 Å². The summed E-state index contributed by atoms with van der Waals surface area (Å²) in [7, 11) is 1.60. The van der Waals surface area contributed by atoms with E-state index in [4.69, 9.17) is 9.47 Å². The first-order chi connectivity index (χ1) is 10.2. The van der Waals surface area contributed by atoms with Gasteiger partial charge in [-0.05, 0) is 30.7 Å². The Labute approximate surface area is 133 Å². The molecule has 0 heterocycles. The highest BCUT2D eigenvalue weighted by Crippen LogP contribution is 2.36. The summed E-state index contributed by atoms with van der Waals surface area (Å²) < 4.78 is 12.0. The molecule has 1 unspecified atom stereocenters. The van der Waals surface area contributed by atoms with Crippen molar-refractivity contribution < 1.29 is 14.6 Å². The number of hydrogen-bond acceptors (Lipinski definition) is 3. The Morgan fingerprint density at radius 1 is 1.10 bits per heavy atom. The van der Waals surface area contributed by atoms with Crippen LogP contribution in [-0.2, 0) is 0 Å². The number of hydrogen-bond donors (Lipinski definition) is 1. The van der Waals surface area contributed by atoms with E-state index in [9.17, 15) is 5.11 Å². The van der Waals surface area contributed by atoms with Gasteiger partial charge >= 0.3 is 0 Å². The van der Waals surface area contributed by atoms with E-state index >= 15 is 0 Å². The first-order valence-corrected chi connectivity index (χ1v) is 7.70. The monoisotopic (exact) mass is 350 g/mol. The zero-order valence-corrected chi connectivity index (χ0v) is 13.8. The molecule has 0 aliphatic rings. The number of para-hydroxylation sites is 1. The Hall–Kier alpha value is -1.52. The molecule has 0 radical (unpaired) electrons. The maximum atomic E-state index is 10.7. The van der Waals surface area contributed by atoms with Gasteiger partial charge in [0.15, 0.2) is 0 Å². The normalized spacial score (nSPS) is 12.0. The summed E-state index contributed by atoms with van der Waals surface area (Å²) in [6.07, 6.45) is 0.121. The molecule has 0 fully saturated rings. The predicted molar refractivity (Wildman–Crippen MR) is 87.0 cm³/mol. The highest BCUT2D eigenvalue weighted by atomic mass is 79.9. The third-order valence-corrected chi connectivity index (χ3v) is 3.65. The first kappa shape index (κ1) is 15.9. The quantitative estimate of drug-likeness (QED) is 0.842. The number of halogens is 1. The van der Waals surface area contributed by atoms with Crippen LogP contribution in [0.1, 0.15) is 30.6 Å². The molecule has 0 aliphatic carbocycles. The summed E-state index contributed by atoms with van der Waals surface area (Å²) >= 11 is 3.43. The van der Waals surface area contributed by atoms with Crippen LogP contribution < -0.4 is 9.47 Å². The summed E-state index contributed by atoms with van der Waals surface area (Å²) in [5.74, 6) is 1.35. The van der Waals surface area contributed by atoms with Gasteiger partial charge in [0.1, 0.15) is 17.6 Å². The van der Waals surface area contributed by atoms with E-state index in [2.05, 4.69) is 22.9 Å². The topological polar surface area (TPSA) is 38.7 Å². The number of methoxy groups -OCH3 is 1. The molecular formula is C17H19BrO3. The highest BCUT2D eigenvalue weighted by molar-refractivity contribution is 9.10. The molecule has 0 bridgehead atoms. The van der Waals surface area contributed by atoms with Crippen molar-refractivity contribution in [2.75, 3.05) is 13.7 Å². The Morgan fingerprint density at radius 3 is 2.57 bits per heavy atom. The minimum absolute atomic E-state index is 0.624. The zero-order chi connectivity index (χ0) is 15.2. The second kappa shape index (κ2) is 7.48. The standard InChI is InChI=1S/C17H19BrO3/c1-3-10-21-16-7-5-4-6-13(16)17(19)14-11-12(18)8-9-15(14)20-2/h4-9,11,17,19H,3,10H2,1-2H3. The van der Waals surface area contributed by atoms with E-state index in [1.165, 1.54) is 0 Å². The summed E-state index contributed by atoms with van der Waals surface area (Å²) in [5.41, 5.74) is 1.45. The van der Waals surface area contributed by atoms with Crippen LogP contribution in [0.15, 0.2) is 46.9 Å². The third-order valence-electron chi connectivity index (χ3n) is 3.16. The minimum Gasteiger partial charge on any atom is -0.496 e. The molecule has 4 heteroatoms. The van der Waals surface area contributed by atoms with Gasteiger partial charge in [-0.2, -0.15) is 0 Å². The number of ether oxygens (including phenoxy) is 2. The predicted octanol–water partition coefficient (Wildman–Crippen LogP) is 4.33. The molecule has 112 valence electrons. The molecule has 2 aromatic carbocycles. The Balaban J connectivity index is 2.40. The molecule has 0 saturated carbocycles. The average Bonchev–Trinajstić information content (AvgIpc) is 2.52. The SMILES string of the molecule is CCCOc1ccccc1C(O)c1cc(Br)ccc1OC. The molecule has 0 amide bonds. The summed E-state index contributed by atoms with van der Waals surface area (Å²) in [5, 5.41) is 10.7. The van der Waals surface area contributed by atoms with Crippen molar-refractivity contribution in [1.82, 2.24) is 0 Å². The van der Waals surface area contributed by atoms with Crippen LogP contribution in [0.5, 0.6) is 11.5 Å². The maximum Gasteiger partial charge on any atom is 0.125 e. The molecule has 0 aliphatic heterocycles. The van der Waals surface area contributed by atoms with Crippen LogP contribution >= 0.6 is 15.9 Å². The van der Waals surface area contributed by atoms with E-state index < -0.39 is 6.10 Å². The number of aliphatic hydroxyl groups is 1. The van der Waals surface area contributed by atoms with Gasteiger partial charge in [-0.3, -0.25) is 0 Å². The lowest BCUT2D eigenvalue weighted by Gasteiger charge is -2.18. The lowest BCUT2D eigenvalue weighted by Crippen LogP contribution is -2.06. The third kappa shape index (κ3) is 3.77. The molecule has 21 heavy (non-hydrogen) atoms. The van der Waals surface area contributed by atoms with Crippen molar-refractivity contribution in [3.05, 3.63) is 58.1 Å². The summed E-state index contributed by atoms with van der Waals surface area (Å²) in [4.78, 5) is 0. The molecule has 3 nitrogen and oxygen atoms in total. The average molecular weight is 351 g/mol. The fraction of sp³-hybridized carbons (Fsp3) is 0.294. The smallest absolute Gasteiger partial charge is 0.125 e. The Kier molecular flexibility index (Phi) is 5.65. The molecule has 0 aromatic heterocycles. The van der Waals surface area contributed by atoms with Crippen LogP contribution in [0.3, 0.4) is 0 Å². The van der Waals surface area contributed by atoms with Crippen molar-refractivity contribution in [3.8, 4) is 11.5 Å². The van der Waals surface area contributed by atoms with Crippen LogP contribution in [0.25, 0.3) is 0 Å². The van der Waals surface area contributed by atoms with Gasteiger partial charge in [0.25, 0.3) is 0 Å². The number of benzene rings is 2. The fourth-order valence-electron chi connectivity index (χ4n) is 2.14. The summed E-state index contributed by atoms with van der Waals surface area (Å²) in [6.45, 7) is 2.68. The number of rotatable bonds is 6. The maximum absolute atomic E-state index is 10.7. The van der Waals surface area contributed by atoms with E-state index in [1.54, 1.807) is 7.11 Å². The van der Waals surface area contributed by atoms with Gasteiger partial charge in [0.05, 0.1) is 13.7 Å². The first-order valence-electron chi connectivity index (χ1n) is 6.90. The van der Waals surface area contributed by atoms with Crippen molar-refractivity contribution in [1.29, 1.82) is 0 Å². The molecule has 1 atom stereocenters. The van der Waals surface area contributed by atoms with Crippen molar-refractivity contribution in [2.45, 2.75) is 19.4 Å². The molecule has 0 spiro atoms. The van der Waals surface area contributed by atoms with Crippen LogP contribution in [0, 0.1) is 0 Å². The lowest BCUT2D eigenvalue weighted by atomic mass is 10.00. The lowest BCUT2D eigenvalue weighted by molar-refractivity contribution is 0.205. The van der Waals surface area contributed by atoms with Crippen molar-refractivity contribution in [3.63, 3.8) is 0 Å². The van der Waals surface area contributed by atoms with Crippen molar-refractivity contribution in [2.24, 2.45) is 0 Å². The Morgan fingerprint density at radius 2 is 1.86 bits per heavy atom. The molecule has 2 rings (SSSR count). The van der Waals surface area contributed by atoms with E-state index in [0.29, 0.717) is 23.7 Å². The fourth-order valence-corrected chi connectivity index (χ4v) is 2.52. The van der Waals surface area contributed by atoms with Crippen molar-refractivity contribution >= 4 is 15.9 Å². The highest BCUT2D eigenvalue weighted by Gasteiger charge is 2.19. The van der Waals surface area contributed by atoms with Gasteiger partial charge in [0, 0.05) is 15.6 Å². The zero-order valence-electron chi connectivity index (χ0n) is 12.2. The Bertz CT molecular complexity index is 598. The summed E-state index contributed by atoms with van der Waals surface area (Å²) in [6, 6.07) is 13.1. The van der Waals surface area contributed by atoms with Gasteiger partial charge in [-0.15, -0.1) is 0 Å². The van der Waals surface area contributed by atoms with Gasteiger partial charge < -0.3 is 14.6 Å². The largest absolute Gasteiger partial charge is 0.496 e. The van der Waals surface area contributed by atoms with Gasteiger partial charge in [-0.25, -0.2) is 0 Å². The van der Waals surface area contributed by atoms with Gasteiger partial charge in [0.2, 0.25) is 0 Å². The minimum atomic E-state index is -0.800. The second-order valence-electron chi connectivity index (χ2n) is 4.68. The number of aliphatic hydroxyl groups excluding tert-OH is 1. The van der Waals surface area contributed by atoms with Crippen LogP contribution in [0.2, 0.25) is 0 Å². The molecule has 0 saturated heterocycles. The second-order valence-corrected chi connectivity index (χ2v) is 5.59. The molecule has 1 N–H and O–H groups in total. The van der Waals surface area contributed by atoms with E-state index in [0.717, 1.165) is 16.5 Å². The van der Waals surface area contributed by atoms with Crippen LogP contribution in [-0.4, -0.2) is 18.8 Å². The molecule has 2 aromatic rings. The van der Waals surface area contributed by atoms with E-state index in [1.807, 2.05) is 42.5 Å². The molecular weight excluding hydrogens is 332 g/mol. The van der Waals surface area contributed by atoms with Crippen LogP contribution in [0.4, 0.5) is 0 Å².